The fraction of sp³-hybridized carbons (Fsp3) is 0.412. The smallest absolute Gasteiger partial charge is 0.273 e. The van der Waals surface area contributed by atoms with E-state index in [1.54, 1.807) is 19.1 Å². The molecule has 1 aromatic heterocycles. The van der Waals surface area contributed by atoms with Crippen LogP contribution in [0.25, 0.3) is 0 Å². The summed E-state index contributed by atoms with van der Waals surface area (Å²) in [7, 11) is 0. The van der Waals surface area contributed by atoms with Crippen molar-refractivity contribution >= 4 is 11.6 Å². The third kappa shape index (κ3) is 3.91. The second-order valence-corrected chi connectivity index (χ2v) is 5.86. The Labute approximate surface area is 140 Å². The summed E-state index contributed by atoms with van der Waals surface area (Å²) >= 11 is 0. The normalized spacial score (nSPS) is 15.5. The van der Waals surface area contributed by atoms with E-state index in [0.29, 0.717) is 23.7 Å². The molecule has 128 valence electrons. The fourth-order valence-corrected chi connectivity index (χ4v) is 2.81. The lowest BCUT2D eigenvalue weighted by atomic mass is 10.2. The van der Waals surface area contributed by atoms with Gasteiger partial charge in [0, 0.05) is 45.3 Å². The maximum atomic E-state index is 13.8. The molecule has 24 heavy (non-hydrogen) atoms. The van der Waals surface area contributed by atoms with E-state index in [4.69, 9.17) is 4.52 Å². The van der Waals surface area contributed by atoms with Crippen LogP contribution in [0.2, 0.25) is 0 Å². The minimum atomic E-state index is -0.225. The van der Waals surface area contributed by atoms with E-state index in [-0.39, 0.29) is 11.7 Å². The van der Waals surface area contributed by atoms with Crippen molar-refractivity contribution in [2.24, 2.45) is 0 Å². The van der Waals surface area contributed by atoms with Gasteiger partial charge in [-0.1, -0.05) is 17.3 Å². The van der Waals surface area contributed by atoms with Gasteiger partial charge < -0.3 is 14.7 Å². The maximum Gasteiger partial charge on any atom is 0.273 e. The summed E-state index contributed by atoms with van der Waals surface area (Å²) in [5, 5.41) is 6.52. The number of piperazine rings is 1. The molecule has 3 rings (SSSR count). The van der Waals surface area contributed by atoms with Crippen LogP contribution < -0.4 is 10.2 Å². The molecule has 0 radical (unpaired) electrons. The van der Waals surface area contributed by atoms with Crippen LogP contribution in [0.4, 0.5) is 10.1 Å². The zero-order valence-electron chi connectivity index (χ0n) is 13.7. The Bertz CT molecular complexity index is 695. The number of halogens is 1. The lowest BCUT2D eigenvalue weighted by Gasteiger charge is -2.36. The van der Waals surface area contributed by atoms with Crippen molar-refractivity contribution in [3.05, 3.63) is 47.6 Å². The first-order chi connectivity index (χ1) is 11.6. The van der Waals surface area contributed by atoms with Crippen molar-refractivity contribution < 1.29 is 13.7 Å². The molecule has 0 atom stereocenters. The van der Waals surface area contributed by atoms with Gasteiger partial charge in [0.15, 0.2) is 5.69 Å². The highest BCUT2D eigenvalue weighted by Gasteiger charge is 2.19. The van der Waals surface area contributed by atoms with Crippen LogP contribution in [-0.4, -0.2) is 55.2 Å². The van der Waals surface area contributed by atoms with E-state index in [1.165, 1.54) is 6.07 Å². The number of aromatic nitrogens is 1. The van der Waals surface area contributed by atoms with E-state index < -0.39 is 0 Å². The van der Waals surface area contributed by atoms with E-state index in [9.17, 15) is 9.18 Å². The van der Waals surface area contributed by atoms with E-state index in [1.807, 2.05) is 12.1 Å². The Morgan fingerprint density at radius 1 is 1.29 bits per heavy atom. The minimum Gasteiger partial charge on any atom is -0.367 e. The summed E-state index contributed by atoms with van der Waals surface area (Å²) in [6.07, 6.45) is 0. The van der Waals surface area contributed by atoms with E-state index in [0.717, 1.165) is 32.7 Å². The number of amides is 1. The van der Waals surface area contributed by atoms with Crippen LogP contribution in [0.15, 0.2) is 34.9 Å². The maximum absolute atomic E-state index is 13.8. The van der Waals surface area contributed by atoms with Gasteiger partial charge in [-0.2, -0.15) is 0 Å². The molecule has 0 aliphatic carbocycles. The summed E-state index contributed by atoms with van der Waals surface area (Å²) < 4.78 is 18.7. The van der Waals surface area contributed by atoms with Crippen LogP contribution in [0.5, 0.6) is 0 Å². The van der Waals surface area contributed by atoms with Gasteiger partial charge in [-0.3, -0.25) is 9.69 Å². The van der Waals surface area contributed by atoms with Crippen molar-refractivity contribution in [2.75, 3.05) is 44.2 Å². The Balaban J connectivity index is 1.41. The second kappa shape index (κ2) is 7.44. The third-order valence-corrected chi connectivity index (χ3v) is 4.14. The number of hydrogen-bond acceptors (Lipinski definition) is 5. The number of nitrogens with zero attached hydrogens (tertiary/aromatic N) is 3. The largest absolute Gasteiger partial charge is 0.367 e. The quantitative estimate of drug-likeness (QED) is 0.902. The van der Waals surface area contributed by atoms with Gasteiger partial charge in [0.2, 0.25) is 0 Å². The molecule has 1 aromatic carbocycles. The van der Waals surface area contributed by atoms with Crippen molar-refractivity contribution in [1.29, 1.82) is 0 Å². The number of carbonyl (C=O) groups excluding carboxylic acids is 1. The number of para-hydroxylation sites is 1. The number of anilines is 1. The second-order valence-electron chi connectivity index (χ2n) is 5.86. The molecule has 1 N–H and O–H groups in total. The van der Waals surface area contributed by atoms with Gasteiger partial charge in [0.25, 0.3) is 5.91 Å². The van der Waals surface area contributed by atoms with E-state index in [2.05, 4.69) is 20.3 Å². The zero-order chi connectivity index (χ0) is 16.9. The van der Waals surface area contributed by atoms with Crippen molar-refractivity contribution in [2.45, 2.75) is 6.92 Å². The van der Waals surface area contributed by atoms with Gasteiger partial charge >= 0.3 is 0 Å². The van der Waals surface area contributed by atoms with Crippen LogP contribution >= 0.6 is 0 Å². The Morgan fingerprint density at radius 3 is 2.71 bits per heavy atom. The Hall–Kier alpha value is -2.41. The molecular weight excluding hydrogens is 311 g/mol. The van der Waals surface area contributed by atoms with Crippen LogP contribution in [0.3, 0.4) is 0 Å². The standard InChI is InChI=1S/C17H21FN4O2/c1-13-12-15(20-24-13)17(23)19-6-7-21-8-10-22(11-9-21)16-5-3-2-4-14(16)18/h2-5,12H,6-11H2,1H3,(H,19,23). The lowest BCUT2D eigenvalue weighted by Crippen LogP contribution is -2.48. The third-order valence-electron chi connectivity index (χ3n) is 4.14. The molecule has 6 nitrogen and oxygen atoms in total. The number of nitrogens with one attached hydrogen (secondary N) is 1. The monoisotopic (exact) mass is 332 g/mol. The highest BCUT2D eigenvalue weighted by molar-refractivity contribution is 5.92. The van der Waals surface area contributed by atoms with Crippen LogP contribution in [0, 0.1) is 12.7 Å². The van der Waals surface area contributed by atoms with Gasteiger partial charge in [-0.15, -0.1) is 0 Å². The number of rotatable bonds is 5. The molecule has 1 saturated heterocycles. The first-order valence-electron chi connectivity index (χ1n) is 8.07. The molecule has 0 bridgehead atoms. The van der Waals surface area contributed by atoms with Crippen molar-refractivity contribution in [1.82, 2.24) is 15.4 Å². The molecule has 2 heterocycles. The van der Waals surface area contributed by atoms with Gasteiger partial charge in [-0.25, -0.2) is 4.39 Å². The zero-order valence-corrected chi connectivity index (χ0v) is 13.7. The average Bonchev–Trinajstić information content (AvgIpc) is 3.03. The molecule has 1 aliphatic rings. The van der Waals surface area contributed by atoms with Gasteiger partial charge in [-0.05, 0) is 19.1 Å². The molecule has 7 heteroatoms. The number of benzene rings is 1. The van der Waals surface area contributed by atoms with Crippen molar-refractivity contribution in [3.8, 4) is 0 Å². The number of hydrogen-bond donors (Lipinski definition) is 1. The molecule has 1 amide bonds. The number of carbonyl (C=O) groups is 1. The molecule has 1 fully saturated rings. The van der Waals surface area contributed by atoms with Gasteiger partial charge in [0.1, 0.15) is 11.6 Å². The summed E-state index contributed by atoms with van der Waals surface area (Å²) in [6.45, 7) is 6.28. The molecule has 0 unspecified atom stereocenters. The number of aryl methyl sites for hydroxylation is 1. The predicted molar refractivity (Wildman–Crippen MR) is 88.6 cm³/mol. The Kier molecular flexibility index (Phi) is 5.10. The predicted octanol–water partition coefficient (Wildman–Crippen LogP) is 1.67. The molecule has 2 aromatic rings. The van der Waals surface area contributed by atoms with E-state index >= 15 is 0 Å². The van der Waals surface area contributed by atoms with Crippen LogP contribution in [-0.2, 0) is 0 Å². The summed E-state index contributed by atoms with van der Waals surface area (Å²) in [5.74, 6) is 0.211. The summed E-state index contributed by atoms with van der Waals surface area (Å²) in [5.41, 5.74) is 0.962. The summed E-state index contributed by atoms with van der Waals surface area (Å²) in [4.78, 5) is 16.2. The van der Waals surface area contributed by atoms with Gasteiger partial charge in [0.05, 0.1) is 5.69 Å². The highest BCUT2D eigenvalue weighted by Crippen LogP contribution is 2.19. The molecule has 0 spiro atoms. The molecular formula is C17H21FN4O2. The first-order valence-corrected chi connectivity index (χ1v) is 8.07. The lowest BCUT2D eigenvalue weighted by molar-refractivity contribution is 0.0938. The minimum absolute atomic E-state index is 0.180. The SMILES string of the molecule is Cc1cc(C(=O)NCCN2CCN(c3ccccc3F)CC2)no1. The fourth-order valence-electron chi connectivity index (χ4n) is 2.81. The highest BCUT2D eigenvalue weighted by atomic mass is 19.1. The molecule has 1 aliphatic heterocycles. The summed E-state index contributed by atoms with van der Waals surface area (Å²) in [6, 6.07) is 8.47. The Morgan fingerprint density at radius 2 is 2.04 bits per heavy atom. The van der Waals surface area contributed by atoms with Crippen molar-refractivity contribution in [3.63, 3.8) is 0 Å². The topological polar surface area (TPSA) is 61.6 Å². The molecule has 0 saturated carbocycles. The first kappa shape index (κ1) is 16.4. The van der Waals surface area contributed by atoms with Crippen LogP contribution in [0.1, 0.15) is 16.2 Å². The average molecular weight is 332 g/mol.